The first-order valence-electron chi connectivity index (χ1n) is 6.44. The van der Waals surface area contributed by atoms with Gasteiger partial charge in [0.05, 0.1) is 0 Å². The minimum absolute atomic E-state index is 0.420. The Balaban J connectivity index is 2.01. The van der Waals surface area contributed by atoms with E-state index in [-0.39, 0.29) is 0 Å². The summed E-state index contributed by atoms with van der Waals surface area (Å²) in [4.78, 5) is 13.3. The molecule has 1 aliphatic rings. The van der Waals surface area contributed by atoms with E-state index in [1.54, 1.807) is 0 Å². The van der Waals surface area contributed by atoms with Crippen LogP contribution in [-0.2, 0) is 4.79 Å². The number of likely N-dealkylation sites (tertiary alicyclic amines) is 1. The van der Waals surface area contributed by atoms with Gasteiger partial charge in [-0.3, -0.25) is 9.69 Å². The number of carboxylic acid groups (broad SMARTS) is 1. The van der Waals surface area contributed by atoms with Gasteiger partial charge in [-0.2, -0.15) is 0 Å². The molecule has 2 unspecified atom stereocenters. The first kappa shape index (κ1) is 13.1. The number of carbonyl (C=O) groups is 1. The zero-order valence-corrected chi connectivity index (χ0v) is 10.5. The number of carboxylic acids is 1. The molecule has 4 nitrogen and oxygen atoms in total. The topological polar surface area (TPSA) is 66.6 Å². The smallest absolute Gasteiger partial charge is 0.320 e. The van der Waals surface area contributed by atoms with E-state index >= 15 is 0 Å². The number of rotatable bonds is 5. The minimum atomic E-state index is -0.755. The fourth-order valence-corrected chi connectivity index (χ4v) is 2.69. The molecule has 0 saturated carbocycles. The lowest BCUT2D eigenvalue weighted by atomic mass is 9.99. The molecule has 2 atom stereocenters. The van der Waals surface area contributed by atoms with Crippen molar-refractivity contribution in [2.75, 3.05) is 19.6 Å². The standard InChI is InChI=1S/C14H20N2O2/c15-8-6-13(14(17)18)16-9-7-12(10-16)11-4-2-1-3-5-11/h1-5,12-13H,6-10,15H2,(H,17,18). The Morgan fingerprint density at radius 2 is 2.17 bits per heavy atom. The van der Waals surface area contributed by atoms with Gasteiger partial charge in [-0.1, -0.05) is 30.3 Å². The normalized spacial score (nSPS) is 21.9. The summed E-state index contributed by atoms with van der Waals surface area (Å²) in [6.45, 7) is 2.08. The van der Waals surface area contributed by atoms with E-state index < -0.39 is 12.0 Å². The summed E-state index contributed by atoms with van der Waals surface area (Å²) in [5.74, 6) is -0.306. The predicted molar refractivity (Wildman–Crippen MR) is 70.5 cm³/mol. The van der Waals surface area contributed by atoms with E-state index in [0.717, 1.165) is 19.5 Å². The van der Waals surface area contributed by atoms with E-state index in [1.165, 1.54) is 5.56 Å². The van der Waals surface area contributed by atoms with Crippen LogP contribution in [0.1, 0.15) is 24.3 Å². The van der Waals surface area contributed by atoms with Gasteiger partial charge in [-0.05, 0) is 37.4 Å². The van der Waals surface area contributed by atoms with Gasteiger partial charge in [0, 0.05) is 6.54 Å². The van der Waals surface area contributed by atoms with Crippen molar-refractivity contribution in [2.45, 2.75) is 24.8 Å². The molecule has 1 saturated heterocycles. The maximum atomic E-state index is 11.2. The van der Waals surface area contributed by atoms with Crippen molar-refractivity contribution in [1.82, 2.24) is 4.90 Å². The lowest BCUT2D eigenvalue weighted by molar-refractivity contribution is -0.143. The average Bonchev–Trinajstić information content (AvgIpc) is 2.86. The lowest BCUT2D eigenvalue weighted by Gasteiger charge is -2.23. The van der Waals surface area contributed by atoms with Gasteiger partial charge >= 0.3 is 5.97 Å². The van der Waals surface area contributed by atoms with E-state index in [1.807, 2.05) is 23.1 Å². The fourth-order valence-electron chi connectivity index (χ4n) is 2.69. The van der Waals surface area contributed by atoms with Crippen LogP contribution in [0.2, 0.25) is 0 Å². The second-order valence-electron chi connectivity index (χ2n) is 4.82. The summed E-state index contributed by atoms with van der Waals surface area (Å²) >= 11 is 0. The quantitative estimate of drug-likeness (QED) is 0.823. The number of hydrogen-bond acceptors (Lipinski definition) is 3. The van der Waals surface area contributed by atoms with Crippen LogP contribution in [-0.4, -0.2) is 41.7 Å². The molecule has 4 heteroatoms. The van der Waals surface area contributed by atoms with Gasteiger partial charge in [0.15, 0.2) is 0 Å². The Morgan fingerprint density at radius 1 is 1.44 bits per heavy atom. The molecular weight excluding hydrogens is 228 g/mol. The number of nitrogens with zero attached hydrogens (tertiary/aromatic N) is 1. The molecule has 1 heterocycles. The van der Waals surface area contributed by atoms with Crippen LogP contribution in [0.25, 0.3) is 0 Å². The van der Waals surface area contributed by atoms with Crippen molar-refractivity contribution in [3.05, 3.63) is 35.9 Å². The summed E-state index contributed by atoms with van der Waals surface area (Å²) in [6, 6.07) is 9.88. The van der Waals surface area contributed by atoms with Crippen LogP contribution in [0.4, 0.5) is 0 Å². The van der Waals surface area contributed by atoms with Crippen LogP contribution in [0, 0.1) is 0 Å². The highest BCUT2D eigenvalue weighted by Gasteiger charge is 2.32. The van der Waals surface area contributed by atoms with Crippen molar-refractivity contribution in [3.8, 4) is 0 Å². The van der Waals surface area contributed by atoms with Crippen LogP contribution in [0.3, 0.4) is 0 Å². The van der Waals surface area contributed by atoms with Gasteiger partial charge in [-0.25, -0.2) is 0 Å². The molecule has 0 spiro atoms. The molecule has 18 heavy (non-hydrogen) atoms. The van der Waals surface area contributed by atoms with Crippen molar-refractivity contribution in [3.63, 3.8) is 0 Å². The Kier molecular flexibility index (Phi) is 4.33. The highest BCUT2D eigenvalue weighted by Crippen LogP contribution is 2.28. The summed E-state index contributed by atoms with van der Waals surface area (Å²) in [7, 11) is 0. The first-order valence-corrected chi connectivity index (χ1v) is 6.44. The molecule has 98 valence electrons. The summed E-state index contributed by atoms with van der Waals surface area (Å²) in [5, 5.41) is 9.22. The van der Waals surface area contributed by atoms with E-state index in [0.29, 0.717) is 18.9 Å². The third-order valence-electron chi connectivity index (χ3n) is 3.66. The summed E-state index contributed by atoms with van der Waals surface area (Å²) < 4.78 is 0. The maximum absolute atomic E-state index is 11.2. The van der Waals surface area contributed by atoms with Crippen molar-refractivity contribution >= 4 is 5.97 Å². The maximum Gasteiger partial charge on any atom is 0.320 e. The van der Waals surface area contributed by atoms with Crippen molar-refractivity contribution in [2.24, 2.45) is 5.73 Å². The van der Waals surface area contributed by atoms with E-state index in [4.69, 9.17) is 5.73 Å². The summed E-state index contributed by atoms with van der Waals surface area (Å²) in [6.07, 6.45) is 1.55. The van der Waals surface area contributed by atoms with Crippen LogP contribution in [0.5, 0.6) is 0 Å². The van der Waals surface area contributed by atoms with E-state index in [2.05, 4.69) is 12.1 Å². The number of hydrogen-bond donors (Lipinski definition) is 2. The van der Waals surface area contributed by atoms with Crippen LogP contribution >= 0.6 is 0 Å². The lowest BCUT2D eigenvalue weighted by Crippen LogP contribution is -2.41. The highest BCUT2D eigenvalue weighted by molar-refractivity contribution is 5.73. The molecule has 2 rings (SSSR count). The Bertz CT molecular complexity index is 394. The molecule has 1 aromatic carbocycles. The van der Waals surface area contributed by atoms with E-state index in [9.17, 15) is 9.90 Å². The molecule has 0 radical (unpaired) electrons. The number of benzene rings is 1. The number of nitrogens with two attached hydrogens (primary N) is 1. The molecule has 0 aromatic heterocycles. The Labute approximate surface area is 107 Å². The molecule has 0 aliphatic carbocycles. The zero-order valence-electron chi connectivity index (χ0n) is 10.5. The molecule has 1 aromatic rings. The minimum Gasteiger partial charge on any atom is -0.480 e. The average molecular weight is 248 g/mol. The van der Waals surface area contributed by atoms with Crippen molar-refractivity contribution < 1.29 is 9.90 Å². The number of aliphatic carboxylic acids is 1. The monoisotopic (exact) mass is 248 g/mol. The van der Waals surface area contributed by atoms with Crippen LogP contribution in [0.15, 0.2) is 30.3 Å². The predicted octanol–water partition coefficient (Wildman–Crippen LogP) is 1.28. The molecule has 1 aliphatic heterocycles. The molecule has 0 bridgehead atoms. The third-order valence-corrected chi connectivity index (χ3v) is 3.66. The van der Waals surface area contributed by atoms with Gasteiger partial charge in [0.25, 0.3) is 0 Å². The second kappa shape index (κ2) is 5.98. The van der Waals surface area contributed by atoms with Gasteiger partial charge < -0.3 is 10.8 Å². The molecule has 0 amide bonds. The Hall–Kier alpha value is -1.39. The largest absolute Gasteiger partial charge is 0.480 e. The van der Waals surface area contributed by atoms with Gasteiger partial charge in [-0.15, -0.1) is 0 Å². The van der Waals surface area contributed by atoms with Gasteiger partial charge in [0.2, 0.25) is 0 Å². The SMILES string of the molecule is NCCC(C(=O)O)N1CCC(c2ccccc2)C1. The summed E-state index contributed by atoms with van der Waals surface area (Å²) in [5.41, 5.74) is 6.79. The Morgan fingerprint density at radius 3 is 2.78 bits per heavy atom. The molecular formula is C14H20N2O2. The first-order chi connectivity index (χ1) is 8.72. The van der Waals surface area contributed by atoms with Gasteiger partial charge in [0.1, 0.15) is 6.04 Å². The second-order valence-corrected chi connectivity index (χ2v) is 4.82. The highest BCUT2D eigenvalue weighted by atomic mass is 16.4. The van der Waals surface area contributed by atoms with Crippen LogP contribution < -0.4 is 5.73 Å². The third kappa shape index (κ3) is 2.89. The molecule has 1 fully saturated rings. The zero-order chi connectivity index (χ0) is 13.0. The molecule has 3 N–H and O–H groups in total. The fraction of sp³-hybridized carbons (Fsp3) is 0.500. The van der Waals surface area contributed by atoms with Crippen molar-refractivity contribution in [1.29, 1.82) is 0 Å².